The van der Waals surface area contributed by atoms with Crippen molar-refractivity contribution >= 4 is 5.97 Å². The zero-order valence-corrected chi connectivity index (χ0v) is 19.7. The maximum atomic E-state index is 10.5. The molecule has 1 heterocycles. The predicted molar refractivity (Wildman–Crippen MR) is 116 cm³/mol. The van der Waals surface area contributed by atoms with Crippen molar-refractivity contribution in [1.29, 1.82) is 10.5 Å². The molecule has 0 saturated carbocycles. The van der Waals surface area contributed by atoms with Gasteiger partial charge in [0.25, 0.3) is 0 Å². The first-order valence-electron chi connectivity index (χ1n) is 11.6. The lowest BCUT2D eigenvalue weighted by Crippen LogP contribution is -2.50. The molecule has 0 aromatic rings. The van der Waals surface area contributed by atoms with Crippen molar-refractivity contribution in [3.05, 3.63) is 0 Å². The molecule has 0 N–H and O–H groups in total. The largest absolute Gasteiger partial charge is 0.547 e. The van der Waals surface area contributed by atoms with Crippen LogP contribution in [0.15, 0.2) is 10.2 Å². The zero-order chi connectivity index (χ0) is 23.1. The van der Waals surface area contributed by atoms with E-state index in [2.05, 4.69) is 37.9 Å². The van der Waals surface area contributed by atoms with Gasteiger partial charge < -0.3 is 14.4 Å². The number of rotatable bonds is 15. The van der Waals surface area contributed by atoms with E-state index in [0.717, 1.165) is 0 Å². The van der Waals surface area contributed by atoms with Crippen molar-refractivity contribution in [3.63, 3.8) is 0 Å². The average Bonchev–Trinajstić information content (AvgIpc) is 3.48. The molecule has 0 amide bonds. The number of hydrogen-bond donors (Lipinski definition) is 0. The van der Waals surface area contributed by atoms with Crippen molar-refractivity contribution < 1.29 is 14.4 Å². The first kappa shape index (κ1) is 28.0. The highest BCUT2D eigenvalue weighted by atomic mass is 16.4. The Morgan fingerprint density at radius 1 is 0.867 bits per heavy atom. The summed E-state index contributed by atoms with van der Waals surface area (Å²) in [6.07, 6.45) is 10.8. The molecule has 0 atom stereocenters. The highest BCUT2D eigenvalue weighted by molar-refractivity contribution is 5.79. The van der Waals surface area contributed by atoms with Crippen LogP contribution in [-0.4, -0.2) is 42.3 Å². The van der Waals surface area contributed by atoms with E-state index >= 15 is 0 Å². The molecule has 170 valence electrons. The molecule has 0 fully saturated rings. The Kier molecular flexibility index (Phi) is 13.2. The number of nitrogens with zero attached hydrogens (tertiary/aromatic N) is 5. The first-order valence-corrected chi connectivity index (χ1v) is 11.6. The molecular weight excluding hydrogens is 378 g/mol. The summed E-state index contributed by atoms with van der Waals surface area (Å²) in [7, 11) is 0. The fourth-order valence-electron chi connectivity index (χ4n) is 3.57. The van der Waals surface area contributed by atoms with Gasteiger partial charge in [-0.15, -0.1) is 0 Å². The Balaban J connectivity index is 0.000000579. The third-order valence-corrected chi connectivity index (χ3v) is 5.72. The maximum absolute atomic E-state index is 10.5. The van der Waals surface area contributed by atoms with Gasteiger partial charge in [0.2, 0.25) is 0 Å². The second-order valence-electron chi connectivity index (χ2n) is 8.66. The molecule has 0 bridgehead atoms. The molecular formula is C23H41N5O2. The van der Waals surface area contributed by atoms with Crippen molar-refractivity contribution in [1.82, 2.24) is 0 Å². The molecule has 0 saturated heterocycles. The number of nitriles is 2. The molecule has 7 nitrogen and oxygen atoms in total. The summed E-state index contributed by atoms with van der Waals surface area (Å²) in [4.78, 5) is 10.5. The summed E-state index contributed by atoms with van der Waals surface area (Å²) < 4.78 is 1.42. The molecule has 1 rings (SSSR count). The smallest absolute Gasteiger partial charge is 0.191 e. The van der Waals surface area contributed by atoms with E-state index in [-0.39, 0.29) is 6.42 Å². The van der Waals surface area contributed by atoms with Crippen molar-refractivity contribution in [3.8, 4) is 12.1 Å². The van der Waals surface area contributed by atoms with Gasteiger partial charge in [-0.2, -0.15) is 20.8 Å². The number of carbonyl (C=O) groups excluding carboxylic acids is 1. The Hall–Kier alpha value is -1.99. The van der Waals surface area contributed by atoms with Crippen molar-refractivity contribution in [2.45, 2.75) is 98.1 Å². The Labute approximate surface area is 183 Å². The van der Waals surface area contributed by atoms with Crippen LogP contribution in [-0.2, 0) is 4.79 Å². The second kappa shape index (κ2) is 14.1. The molecule has 1 aliphatic heterocycles. The molecule has 1 aliphatic rings. The van der Waals surface area contributed by atoms with Gasteiger partial charge in [0, 0.05) is 6.42 Å². The van der Waals surface area contributed by atoms with Gasteiger partial charge in [-0.3, -0.25) is 0 Å². The maximum Gasteiger partial charge on any atom is 0.191 e. The minimum Gasteiger partial charge on any atom is -0.547 e. The number of carboxylic acid groups (broad SMARTS) is 1. The number of quaternary nitrogens is 1. The highest BCUT2D eigenvalue weighted by Gasteiger charge is 2.46. The third-order valence-electron chi connectivity index (χ3n) is 5.72. The highest BCUT2D eigenvalue weighted by Crippen LogP contribution is 2.38. The minimum absolute atomic E-state index is 0.255. The quantitative estimate of drug-likeness (QED) is 0.367. The third kappa shape index (κ3) is 9.67. The molecule has 0 aromatic heterocycles. The van der Waals surface area contributed by atoms with Gasteiger partial charge in [0.1, 0.15) is 0 Å². The number of aliphatic carboxylic acids is 1. The van der Waals surface area contributed by atoms with Crippen LogP contribution in [0.3, 0.4) is 0 Å². The standard InChI is InChI=1S/C16H36N.C7H6N4O2/c1-5-9-13-17(14-10-6-2,15-11-7-3)16-12-8-4;1-6(10-11-6)2-7(3-8,4-9)5(12)13/h5-16H2,1-4H3;2H2,1H3,(H,12,13)/q+1;/p-1. The van der Waals surface area contributed by atoms with Gasteiger partial charge in [-0.1, -0.05) is 53.4 Å². The van der Waals surface area contributed by atoms with Gasteiger partial charge in [0.05, 0.1) is 44.3 Å². The molecule has 0 aromatic carbocycles. The fraction of sp³-hybridized carbons (Fsp3) is 0.870. The summed E-state index contributed by atoms with van der Waals surface area (Å²) >= 11 is 0. The molecule has 0 aliphatic carbocycles. The molecule has 0 radical (unpaired) electrons. The van der Waals surface area contributed by atoms with Crippen LogP contribution in [0.5, 0.6) is 0 Å². The number of hydrogen-bond acceptors (Lipinski definition) is 6. The lowest BCUT2D eigenvalue weighted by molar-refractivity contribution is -0.929. The summed E-state index contributed by atoms with van der Waals surface area (Å²) in [6.45, 7) is 16.6. The Morgan fingerprint density at radius 2 is 1.20 bits per heavy atom. The summed E-state index contributed by atoms with van der Waals surface area (Å²) in [5, 5.41) is 34.7. The lowest BCUT2D eigenvalue weighted by atomic mass is 9.83. The monoisotopic (exact) mass is 419 g/mol. The van der Waals surface area contributed by atoms with Gasteiger partial charge >= 0.3 is 0 Å². The van der Waals surface area contributed by atoms with Crippen LogP contribution in [0.1, 0.15) is 92.4 Å². The first-order chi connectivity index (χ1) is 14.2. The van der Waals surface area contributed by atoms with Crippen LogP contribution in [0.4, 0.5) is 0 Å². The molecule has 30 heavy (non-hydrogen) atoms. The van der Waals surface area contributed by atoms with Crippen molar-refractivity contribution in [2.24, 2.45) is 15.6 Å². The summed E-state index contributed by atoms with van der Waals surface area (Å²) in [5.41, 5.74) is -3.04. The lowest BCUT2D eigenvalue weighted by Gasteiger charge is -2.39. The molecule has 7 heteroatoms. The minimum atomic E-state index is -2.14. The van der Waals surface area contributed by atoms with Crippen LogP contribution in [0, 0.1) is 28.1 Å². The number of carboxylic acids is 1. The summed E-state index contributed by atoms with van der Waals surface area (Å²) in [6, 6.07) is 2.84. The molecule has 0 spiro atoms. The van der Waals surface area contributed by atoms with Gasteiger partial charge in [-0.05, 0) is 32.6 Å². The predicted octanol–water partition coefficient (Wildman–Crippen LogP) is 4.35. The van der Waals surface area contributed by atoms with E-state index in [1.54, 1.807) is 6.92 Å². The SMILES string of the molecule is CC1(CC(C#N)(C#N)C(=O)[O-])N=N1.CCCC[N+](CCCC)(CCCC)CCCC. The second-order valence-corrected chi connectivity index (χ2v) is 8.66. The van der Waals surface area contributed by atoms with E-state index in [9.17, 15) is 9.90 Å². The van der Waals surface area contributed by atoms with E-state index in [4.69, 9.17) is 10.5 Å². The average molecular weight is 420 g/mol. The number of unbranched alkanes of at least 4 members (excludes halogenated alkanes) is 4. The fourth-order valence-corrected chi connectivity index (χ4v) is 3.57. The van der Waals surface area contributed by atoms with Gasteiger partial charge in [0.15, 0.2) is 11.1 Å². The van der Waals surface area contributed by atoms with Crippen LogP contribution >= 0.6 is 0 Å². The van der Waals surface area contributed by atoms with Crippen molar-refractivity contribution in [2.75, 3.05) is 26.2 Å². The van der Waals surface area contributed by atoms with E-state index in [0.29, 0.717) is 0 Å². The topological polar surface area (TPSA) is 112 Å². The van der Waals surface area contributed by atoms with E-state index in [1.165, 1.54) is 94.2 Å². The molecule has 0 unspecified atom stereocenters. The Morgan fingerprint density at radius 3 is 1.40 bits per heavy atom. The van der Waals surface area contributed by atoms with Gasteiger partial charge in [-0.25, -0.2) is 0 Å². The van der Waals surface area contributed by atoms with E-state index in [1.807, 2.05) is 0 Å². The van der Waals surface area contributed by atoms with E-state index < -0.39 is 17.0 Å². The summed E-state index contributed by atoms with van der Waals surface area (Å²) in [5.74, 6) is -1.70. The normalized spacial score (nSPS) is 14.2. The number of carbonyl (C=O) groups is 1. The van der Waals surface area contributed by atoms with Crippen LogP contribution < -0.4 is 5.11 Å². The zero-order valence-electron chi connectivity index (χ0n) is 19.7. The van der Waals surface area contributed by atoms with Crippen LogP contribution in [0.25, 0.3) is 0 Å². The van der Waals surface area contributed by atoms with Crippen LogP contribution in [0.2, 0.25) is 0 Å². The Bertz CT molecular complexity index is 561.